The molecular weight excluding hydrogens is 392 g/mol. The van der Waals surface area contributed by atoms with Gasteiger partial charge < -0.3 is 14.5 Å². The molecule has 0 aliphatic rings. The Morgan fingerprint density at radius 1 is 1.00 bits per heavy atom. The van der Waals surface area contributed by atoms with Crippen molar-refractivity contribution < 1.29 is 9.47 Å². The fraction of sp³-hybridized carbons (Fsp3) is 0.0952. The van der Waals surface area contributed by atoms with Crippen LogP contribution in [0, 0.1) is 0 Å². The van der Waals surface area contributed by atoms with Crippen molar-refractivity contribution in [2.45, 2.75) is 6.61 Å². The zero-order valence-corrected chi connectivity index (χ0v) is 15.8. The van der Waals surface area contributed by atoms with Crippen molar-refractivity contribution in [1.82, 2.24) is 9.97 Å². The molecule has 0 fully saturated rings. The third kappa shape index (κ3) is 3.44. The largest absolute Gasteiger partial charge is 0.496 e. The van der Waals surface area contributed by atoms with Gasteiger partial charge in [0.15, 0.2) is 0 Å². The van der Waals surface area contributed by atoms with Crippen LogP contribution in [-0.4, -0.2) is 17.1 Å². The van der Waals surface area contributed by atoms with E-state index >= 15 is 0 Å². The SMILES string of the molecule is COc1cc(OCc2ccccc2)ccc1-c1nc2ccc(Br)cc2[nH]1. The molecule has 0 saturated heterocycles. The van der Waals surface area contributed by atoms with E-state index in [4.69, 9.17) is 9.47 Å². The molecule has 1 heterocycles. The second kappa shape index (κ2) is 7.22. The third-order valence-corrected chi connectivity index (χ3v) is 4.61. The van der Waals surface area contributed by atoms with Crippen molar-refractivity contribution in [3.05, 3.63) is 76.8 Å². The summed E-state index contributed by atoms with van der Waals surface area (Å²) in [5.41, 5.74) is 3.90. The highest BCUT2D eigenvalue weighted by Crippen LogP contribution is 2.33. The van der Waals surface area contributed by atoms with Crippen LogP contribution >= 0.6 is 15.9 Å². The number of fused-ring (bicyclic) bond motifs is 1. The van der Waals surface area contributed by atoms with Crippen LogP contribution in [0.15, 0.2) is 71.2 Å². The molecule has 5 heteroatoms. The molecule has 0 aliphatic heterocycles. The Bertz CT molecular complexity index is 1040. The number of hydrogen-bond acceptors (Lipinski definition) is 3. The maximum absolute atomic E-state index is 5.88. The maximum Gasteiger partial charge on any atom is 0.142 e. The molecule has 0 bridgehead atoms. The molecule has 0 unspecified atom stereocenters. The number of imidazole rings is 1. The topological polar surface area (TPSA) is 47.1 Å². The van der Waals surface area contributed by atoms with Crippen LogP contribution in [0.3, 0.4) is 0 Å². The second-order valence-corrected chi connectivity index (χ2v) is 6.80. The average molecular weight is 409 g/mol. The number of nitrogens with zero attached hydrogens (tertiary/aromatic N) is 1. The highest BCUT2D eigenvalue weighted by molar-refractivity contribution is 9.10. The van der Waals surface area contributed by atoms with Crippen molar-refractivity contribution >= 4 is 27.0 Å². The Kier molecular flexibility index (Phi) is 4.63. The third-order valence-electron chi connectivity index (χ3n) is 4.12. The number of halogens is 1. The van der Waals surface area contributed by atoms with Crippen LogP contribution in [-0.2, 0) is 6.61 Å². The molecule has 0 aliphatic carbocycles. The molecule has 4 rings (SSSR count). The molecule has 0 radical (unpaired) electrons. The van der Waals surface area contributed by atoms with Crippen LogP contribution in [0.4, 0.5) is 0 Å². The van der Waals surface area contributed by atoms with E-state index in [0.29, 0.717) is 12.4 Å². The Labute approximate surface area is 159 Å². The minimum Gasteiger partial charge on any atom is -0.496 e. The molecule has 0 saturated carbocycles. The second-order valence-electron chi connectivity index (χ2n) is 5.88. The molecule has 1 aromatic heterocycles. The molecule has 4 aromatic rings. The lowest BCUT2D eigenvalue weighted by atomic mass is 10.2. The summed E-state index contributed by atoms with van der Waals surface area (Å²) >= 11 is 3.48. The quantitative estimate of drug-likeness (QED) is 0.468. The normalized spacial score (nSPS) is 10.8. The van der Waals surface area contributed by atoms with Gasteiger partial charge in [-0.3, -0.25) is 0 Å². The van der Waals surface area contributed by atoms with Gasteiger partial charge in [0.2, 0.25) is 0 Å². The molecule has 1 N–H and O–H groups in total. The number of hydrogen-bond donors (Lipinski definition) is 1. The maximum atomic E-state index is 5.88. The first-order valence-electron chi connectivity index (χ1n) is 8.23. The summed E-state index contributed by atoms with van der Waals surface area (Å²) in [7, 11) is 1.65. The first kappa shape index (κ1) is 16.7. The van der Waals surface area contributed by atoms with Gasteiger partial charge in [0, 0.05) is 10.5 Å². The minimum atomic E-state index is 0.516. The summed E-state index contributed by atoms with van der Waals surface area (Å²) in [6, 6.07) is 21.8. The lowest BCUT2D eigenvalue weighted by Gasteiger charge is -2.10. The minimum absolute atomic E-state index is 0.516. The van der Waals surface area contributed by atoms with E-state index < -0.39 is 0 Å². The molecule has 3 aromatic carbocycles. The Morgan fingerprint density at radius 2 is 1.85 bits per heavy atom. The lowest BCUT2D eigenvalue weighted by Crippen LogP contribution is -1.96. The number of benzene rings is 3. The van der Waals surface area contributed by atoms with Crippen LogP contribution in [0.5, 0.6) is 11.5 Å². The van der Waals surface area contributed by atoms with Gasteiger partial charge in [-0.15, -0.1) is 0 Å². The fourth-order valence-electron chi connectivity index (χ4n) is 2.81. The average Bonchev–Trinajstić information content (AvgIpc) is 3.09. The Morgan fingerprint density at radius 3 is 2.65 bits per heavy atom. The highest BCUT2D eigenvalue weighted by atomic mass is 79.9. The summed E-state index contributed by atoms with van der Waals surface area (Å²) in [6.45, 7) is 0.516. The summed E-state index contributed by atoms with van der Waals surface area (Å²) in [5.74, 6) is 2.24. The van der Waals surface area contributed by atoms with Crippen LogP contribution in [0.2, 0.25) is 0 Å². The van der Waals surface area contributed by atoms with E-state index in [9.17, 15) is 0 Å². The van der Waals surface area contributed by atoms with Gasteiger partial charge in [-0.2, -0.15) is 0 Å². The first-order chi connectivity index (χ1) is 12.7. The van der Waals surface area contributed by atoms with Crippen molar-refractivity contribution in [2.75, 3.05) is 7.11 Å². The molecular formula is C21H17BrN2O2. The van der Waals surface area contributed by atoms with E-state index in [0.717, 1.165) is 38.2 Å². The number of H-pyrrole nitrogens is 1. The van der Waals surface area contributed by atoms with Gasteiger partial charge >= 0.3 is 0 Å². The number of rotatable bonds is 5. The summed E-state index contributed by atoms with van der Waals surface area (Å²) in [5, 5.41) is 0. The van der Waals surface area contributed by atoms with Gasteiger partial charge in [0.25, 0.3) is 0 Å². The first-order valence-corrected chi connectivity index (χ1v) is 9.02. The standard InChI is InChI=1S/C21H17BrN2O2/c1-25-20-12-16(26-13-14-5-3-2-4-6-14)8-9-17(20)21-23-18-10-7-15(22)11-19(18)24-21/h2-12H,13H2,1H3,(H,23,24). The zero-order chi connectivity index (χ0) is 17.9. The number of aromatic amines is 1. The van der Waals surface area contributed by atoms with Gasteiger partial charge in [0.1, 0.15) is 23.9 Å². The molecule has 0 spiro atoms. The Hall–Kier alpha value is -2.79. The van der Waals surface area contributed by atoms with E-state index in [2.05, 4.69) is 25.9 Å². The van der Waals surface area contributed by atoms with Crippen LogP contribution in [0.1, 0.15) is 5.56 Å². The van der Waals surface area contributed by atoms with Crippen molar-refractivity contribution in [1.29, 1.82) is 0 Å². The fourth-order valence-corrected chi connectivity index (χ4v) is 3.17. The predicted molar refractivity (Wildman–Crippen MR) is 107 cm³/mol. The van der Waals surface area contributed by atoms with E-state index in [1.807, 2.05) is 66.7 Å². The number of aromatic nitrogens is 2. The molecule has 0 atom stereocenters. The number of ether oxygens (including phenoxy) is 2. The summed E-state index contributed by atoms with van der Waals surface area (Å²) in [4.78, 5) is 8.00. The van der Waals surface area contributed by atoms with Crippen molar-refractivity contribution in [2.24, 2.45) is 0 Å². The van der Waals surface area contributed by atoms with Crippen molar-refractivity contribution in [3.63, 3.8) is 0 Å². The van der Waals surface area contributed by atoms with Crippen LogP contribution < -0.4 is 9.47 Å². The lowest BCUT2D eigenvalue weighted by molar-refractivity contribution is 0.304. The molecule has 4 nitrogen and oxygen atoms in total. The number of nitrogens with one attached hydrogen (secondary N) is 1. The molecule has 0 amide bonds. The Balaban J connectivity index is 1.62. The van der Waals surface area contributed by atoms with E-state index in [-0.39, 0.29) is 0 Å². The summed E-state index contributed by atoms with van der Waals surface area (Å²) < 4.78 is 12.5. The predicted octanol–water partition coefficient (Wildman–Crippen LogP) is 5.58. The van der Waals surface area contributed by atoms with Crippen LogP contribution in [0.25, 0.3) is 22.4 Å². The van der Waals surface area contributed by atoms with Gasteiger partial charge in [-0.1, -0.05) is 46.3 Å². The van der Waals surface area contributed by atoms with Gasteiger partial charge in [0.05, 0.1) is 23.7 Å². The number of methoxy groups -OCH3 is 1. The van der Waals surface area contributed by atoms with Gasteiger partial charge in [-0.05, 0) is 35.9 Å². The smallest absolute Gasteiger partial charge is 0.142 e. The van der Waals surface area contributed by atoms with Crippen molar-refractivity contribution in [3.8, 4) is 22.9 Å². The van der Waals surface area contributed by atoms with E-state index in [1.54, 1.807) is 7.11 Å². The zero-order valence-electron chi connectivity index (χ0n) is 14.2. The van der Waals surface area contributed by atoms with E-state index in [1.165, 1.54) is 0 Å². The summed E-state index contributed by atoms with van der Waals surface area (Å²) in [6.07, 6.45) is 0. The van der Waals surface area contributed by atoms with Gasteiger partial charge in [-0.25, -0.2) is 4.98 Å². The molecule has 26 heavy (non-hydrogen) atoms. The molecule has 130 valence electrons. The highest BCUT2D eigenvalue weighted by Gasteiger charge is 2.12. The monoisotopic (exact) mass is 408 g/mol.